The molecule has 1 aliphatic rings. The molecule has 1 heterocycles. The van der Waals surface area contributed by atoms with E-state index in [9.17, 15) is 4.79 Å². The minimum absolute atomic E-state index is 0.0147. The summed E-state index contributed by atoms with van der Waals surface area (Å²) in [6, 6.07) is 16.1. The van der Waals surface area contributed by atoms with Crippen LogP contribution in [0.5, 0.6) is 5.75 Å². The highest BCUT2D eigenvalue weighted by Crippen LogP contribution is 2.20. The lowest BCUT2D eigenvalue weighted by molar-refractivity contribution is -0.120. The molecule has 27 heavy (non-hydrogen) atoms. The van der Waals surface area contributed by atoms with Gasteiger partial charge in [0.15, 0.2) is 0 Å². The summed E-state index contributed by atoms with van der Waals surface area (Å²) in [4.78, 5) is 15.0. The Morgan fingerprint density at radius 3 is 2.56 bits per heavy atom. The highest BCUT2D eigenvalue weighted by molar-refractivity contribution is 5.79. The molecule has 0 radical (unpaired) electrons. The number of piperidine rings is 1. The minimum atomic E-state index is 0.0147. The maximum Gasteiger partial charge on any atom is 0.224 e. The van der Waals surface area contributed by atoms with E-state index in [1.165, 1.54) is 30.5 Å². The van der Waals surface area contributed by atoms with Crippen molar-refractivity contribution < 1.29 is 9.53 Å². The first-order valence-corrected chi connectivity index (χ1v) is 9.83. The van der Waals surface area contributed by atoms with Gasteiger partial charge < -0.3 is 10.1 Å². The van der Waals surface area contributed by atoms with Crippen molar-refractivity contribution >= 4 is 5.91 Å². The SMILES string of the molecule is COc1ccccc1CC(=O)NCc1ccccc1CN1CCC[C@H](C)C1. The van der Waals surface area contributed by atoms with E-state index in [-0.39, 0.29) is 5.91 Å². The zero-order valence-corrected chi connectivity index (χ0v) is 16.4. The molecule has 1 amide bonds. The van der Waals surface area contributed by atoms with E-state index < -0.39 is 0 Å². The lowest BCUT2D eigenvalue weighted by atomic mass is 9.99. The van der Waals surface area contributed by atoms with Gasteiger partial charge in [0.25, 0.3) is 0 Å². The van der Waals surface area contributed by atoms with Crippen LogP contribution in [0.2, 0.25) is 0 Å². The van der Waals surface area contributed by atoms with Crippen molar-refractivity contribution in [2.24, 2.45) is 5.92 Å². The second-order valence-electron chi connectivity index (χ2n) is 7.52. The molecule has 0 unspecified atom stereocenters. The fourth-order valence-corrected chi connectivity index (χ4v) is 3.83. The molecule has 1 fully saturated rings. The number of nitrogens with zero attached hydrogens (tertiary/aromatic N) is 1. The topological polar surface area (TPSA) is 41.6 Å². The Labute approximate surface area is 162 Å². The number of para-hydroxylation sites is 1. The first-order chi connectivity index (χ1) is 13.2. The van der Waals surface area contributed by atoms with Crippen molar-refractivity contribution in [3.05, 3.63) is 65.2 Å². The monoisotopic (exact) mass is 366 g/mol. The van der Waals surface area contributed by atoms with Crippen LogP contribution >= 0.6 is 0 Å². The van der Waals surface area contributed by atoms with Gasteiger partial charge in [-0.1, -0.05) is 49.4 Å². The molecule has 2 aromatic carbocycles. The minimum Gasteiger partial charge on any atom is -0.496 e. The normalized spacial score (nSPS) is 17.5. The van der Waals surface area contributed by atoms with Crippen molar-refractivity contribution in [1.29, 1.82) is 0 Å². The molecular formula is C23H30N2O2. The van der Waals surface area contributed by atoms with Crippen LogP contribution in [0.3, 0.4) is 0 Å². The van der Waals surface area contributed by atoms with E-state index in [0.717, 1.165) is 30.3 Å². The van der Waals surface area contributed by atoms with Crippen molar-refractivity contribution in [3.63, 3.8) is 0 Å². The van der Waals surface area contributed by atoms with Gasteiger partial charge in [0.2, 0.25) is 5.91 Å². The molecule has 2 aromatic rings. The van der Waals surface area contributed by atoms with Crippen LogP contribution in [0.4, 0.5) is 0 Å². The van der Waals surface area contributed by atoms with Crippen molar-refractivity contribution in [3.8, 4) is 5.75 Å². The number of hydrogen-bond donors (Lipinski definition) is 1. The number of benzene rings is 2. The molecule has 0 bridgehead atoms. The van der Waals surface area contributed by atoms with E-state index >= 15 is 0 Å². The number of amides is 1. The maximum atomic E-state index is 12.4. The van der Waals surface area contributed by atoms with Crippen LogP contribution in [0, 0.1) is 5.92 Å². The van der Waals surface area contributed by atoms with Crippen molar-refractivity contribution in [2.75, 3.05) is 20.2 Å². The van der Waals surface area contributed by atoms with Gasteiger partial charge in [-0.05, 0) is 42.5 Å². The molecule has 1 aliphatic heterocycles. The summed E-state index contributed by atoms with van der Waals surface area (Å²) < 4.78 is 5.34. The zero-order chi connectivity index (χ0) is 19.1. The van der Waals surface area contributed by atoms with Crippen LogP contribution in [0.15, 0.2) is 48.5 Å². The van der Waals surface area contributed by atoms with Gasteiger partial charge in [-0.2, -0.15) is 0 Å². The van der Waals surface area contributed by atoms with Gasteiger partial charge in [0.05, 0.1) is 13.5 Å². The lowest BCUT2D eigenvalue weighted by Crippen LogP contribution is -2.34. The summed E-state index contributed by atoms with van der Waals surface area (Å²) in [7, 11) is 1.63. The van der Waals surface area contributed by atoms with Crippen LogP contribution in [-0.2, 0) is 24.3 Å². The number of carbonyl (C=O) groups excluding carboxylic acids is 1. The molecule has 3 rings (SSSR count). The Hall–Kier alpha value is -2.33. The zero-order valence-electron chi connectivity index (χ0n) is 16.4. The third-order valence-electron chi connectivity index (χ3n) is 5.27. The van der Waals surface area contributed by atoms with Gasteiger partial charge in [-0.3, -0.25) is 9.69 Å². The van der Waals surface area contributed by atoms with Crippen LogP contribution in [0.25, 0.3) is 0 Å². The summed E-state index contributed by atoms with van der Waals surface area (Å²) in [5.74, 6) is 1.54. The van der Waals surface area contributed by atoms with Gasteiger partial charge >= 0.3 is 0 Å². The molecule has 0 aliphatic carbocycles. The molecule has 1 N–H and O–H groups in total. The molecule has 4 heteroatoms. The first kappa shape index (κ1) is 19.4. The number of rotatable bonds is 7. The quantitative estimate of drug-likeness (QED) is 0.811. The number of carbonyl (C=O) groups is 1. The van der Waals surface area contributed by atoms with E-state index in [2.05, 4.69) is 35.3 Å². The smallest absolute Gasteiger partial charge is 0.224 e. The summed E-state index contributed by atoms with van der Waals surface area (Å²) in [6.45, 7) is 6.18. The molecule has 4 nitrogen and oxygen atoms in total. The fraction of sp³-hybridized carbons (Fsp3) is 0.435. The second kappa shape index (κ2) is 9.56. The highest BCUT2D eigenvalue weighted by atomic mass is 16.5. The summed E-state index contributed by atoms with van der Waals surface area (Å²) in [6.07, 6.45) is 2.94. The predicted octanol–water partition coefficient (Wildman–Crippen LogP) is 3.79. The molecule has 0 spiro atoms. The number of nitrogens with one attached hydrogen (secondary N) is 1. The number of ether oxygens (including phenoxy) is 1. The standard InChI is InChI=1S/C23H30N2O2/c1-18-8-7-13-25(16-18)17-21-11-4-3-10-20(21)15-24-23(26)14-19-9-5-6-12-22(19)27-2/h3-6,9-12,18H,7-8,13-17H2,1-2H3,(H,24,26)/t18-/m0/s1. The van der Waals surface area contributed by atoms with E-state index in [0.29, 0.717) is 13.0 Å². The Bertz CT molecular complexity index is 760. The Morgan fingerprint density at radius 1 is 1.11 bits per heavy atom. The second-order valence-corrected chi connectivity index (χ2v) is 7.52. The molecule has 0 saturated carbocycles. The third kappa shape index (κ3) is 5.57. The largest absolute Gasteiger partial charge is 0.496 e. The maximum absolute atomic E-state index is 12.4. The number of methoxy groups -OCH3 is 1. The summed E-state index contributed by atoms with van der Waals surface area (Å²) in [5, 5.41) is 3.07. The Balaban J connectivity index is 1.58. The first-order valence-electron chi connectivity index (χ1n) is 9.83. The molecule has 0 aromatic heterocycles. The number of likely N-dealkylation sites (tertiary alicyclic amines) is 1. The molecule has 1 atom stereocenters. The van der Waals surface area contributed by atoms with E-state index in [1.54, 1.807) is 7.11 Å². The van der Waals surface area contributed by atoms with Crippen LogP contribution < -0.4 is 10.1 Å². The lowest BCUT2D eigenvalue weighted by Gasteiger charge is -2.31. The predicted molar refractivity (Wildman–Crippen MR) is 109 cm³/mol. The van der Waals surface area contributed by atoms with Crippen LogP contribution in [-0.4, -0.2) is 31.0 Å². The van der Waals surface area contributed by atoms with Crippen LogP contribution in [0.1, 0.15) is 36.5 Å². The number of hydrogen-bond acceptors (Lipinski definition) is 3. The Kier molecular flexibility index (Phi) is 6.88. The molecule has 1 saturated heterocycles. The van der Waals surface area contributed by atoms with Gasteiger partial charge in [-0.25, -0.2) is 0 Å². The van der Waals surface area contributed by atoms with Gasteiger partial charge in [0, 0.05) is 25.2 Å². The Morgan fingerprint density at radius 2 is 1.81 bits per heavy atom. The molecular weight excluding hydrogens is 336 g/mol. The van der Waals surface area contributed by atoms with E-state index in [1.807, 2.05) is 30.3 Å². The van der Waals surface area contributed by atoms with Crippen molar-refractivity contribution in [1.82, 2.24) is 10.2 Å². The third-order valence-corrected chi connectivity index (χ3v) is 5.27. The van der Waals surface area contributed by atoms with Gasteiger partial charge in [0.1, 0.15) is 5.75 Å². The fourth-order valence-electron chi connectivity index (χ4n) is 3.83. The highest BCUT2D eigenvalue weighted by Gasteiger charge is 2.17. The summed E-state index contributed by atoms with van der Waals surface area (Å²) >= 11 is 0. The van der Waals surface area contributed by atoms with E-state index in [4.69, 9.17) is 4.74 Å². The van der Waals surface area contributed by atoms with Crippen molar-refractivity contribution in [2.45, 2.75) is 39.3 Å². The van der Waals surface area contributed by atoms with Gasteiger partial charge in [-0.15, -0.1) is 0 Å². The average molecular weight is 367 g/mol. The summed E-state index contributed by atoms with van der Waals surface area (Å²) in [5.41, 5.74) is 3.42. The average Bonchev–Trinajstić information content (AvgIpc) is 2.68. The molecule has 144 valence electrons.